The van der Waals surface area contributed by atoms with Crippen LogP contribution < -0.4 is 11.1 Å². The normalized spacial score (nSPS) is 17.2. The van der Waals surface area contributed by atoms with Gasteiger partial charge in [0.25, 0.3) is 5.91 Å². The third-order valence-electron chi connectivity index (χ3n) is 4.36. The van der Waals surface area contributed by atoms with Crippen LogP contribution in [0, 0.1) is 11.7 Å². The summed E-state index contributed by atoms with van der Waals surface area (Å²) in [6.45, 7) is 2.05. The summed E-state index contributed by atoms with van der Waals surface area (Å²) in [6.07, 6.45) is 4.84. The fourth-order valence-electron chi connectivity index (χ4n) is 3.11. The van der Waals surface area contributed by atoms with E-state index >= 15 is 0 Å². The number of anilines is 1. The molecule has 2 aromatic rings. The first-order valence-electron chi connectivity index (χ1n) is 7.34. The minimum Gasteiger partial charge on any atom is -0.397 e. The van der Waals surface area contributed by atoms with E-state index in [1.54, 1.807) is 6.07 Å². The van der Waals surface area contributed by atoms with Crippen molar-refractivity contribution < 1.29 is 9.18 Å². The molecule has 0 spiro atoms. The number of halogens is 1. The molecule has 0 aliphatic heterocycles. The molecule has 1 fully saturated rings. The maximum absolute atomic E-state index is 13.3. The maximum atomic E-state index is 13.3. The van der Waals surface area contributed by atoms with E-state index in [1.807, 2.05) is 0 Å². The van der Waals surface area contributed by atoms with Crippen LogP contribution in [0.4, 0.5) is 10.1 Å². The molecular weight excluding hydrogens is 287 g/mol. The van der Waals surface area contributed by atoms with Gasteiger partial charge in [-0.1, -0.05) is 12.8 Å². The average molecular weight is 306 g/mol. The highest BCUT2D eigenvalue weighted by Crippen LogP contribution is 2.34. The molecule has 3 N–H and O–H groups in total. The van der Waals surface area contributed by atoms with Gasteiger partial charge in [-0.15, -0.1) is 11.3 Å². The minimum absolute atomic E-state index is 0.145. The van der Waals surface area contributed by atoms with Crippen molar-refractivity contribution in [1.82, 2.24) is 5.32 Å². The molecule has 21 heavy (non-hydrogen) atoms. The van der Waals surface area contributed by atoms with Crippen LogP contribution in [0.25, 0.3) is 10.1 Å². The van der Waals surface area contributed by atoms with Crippen LogP contribution in [0.15, 0.2) is 18.2 Å². The van der Waals surface area contributed by atoms with Gasteiger partial charge in [-0.25, -0.2) is 4.39 Å². The van der Waals surface area contributed by atoms with E-state index in [9.17, 15) is 9.18 Å². The molecule has 1 amide bonds. The van der Waals surface area contributed by atoms with E-state index in [0.717, 1.165) is 4.70 Å². The molecule has 3 nitrogen and oxygen atoms in total. The predicted octanol–water partition coefficient (Wildman–Crippen LogP) is 3.93. The zero-order valence-corrected chi connectivity index (χ0v) is 12.8. The molecule has 0 radical (unpaired) electrons. The topological polar surface area (TPSA) is 55.1 Å². The van der Waals surface area contributed by atoms with Gasteiger partial charge in [-0.3, -0.25) is 4.79 Å². The number of nitrogens with two attached hydrogens (primary N) is 1. The Bertz CT molecular complexity index is 676. The summed E-state index contributed by atoms with van der Waals surface area (Å²) in [6, 6.07) is 4.60. The molecular formula is C16H19FN2OS. The van der Waals surface area contributed by atoms with Crippen molar-refractivity contribution in [3.8, 4) is 0 Å². The molecule has 1 saturated carbocycles. The maximum Gasteiger partial charge on any atom is 0.263 e. The first-order valence-corrected chi connectivity index (χ1v) is 8.16. The summed E-state index contributed by atoms with van der Waals surface area (Å²) in [5.41, 5.74) is 6.40. The highest BCUT2D eigenvalue weighted by molar-refractivity contribution is 7.21. The van der Waals surface area contributed by atoms with Crippen LogP contribution in [0.3, 0.4) is 0 Å². The Labute approximate surface area is 127 Å². The Morgan fingerprint density at radius 2 is 2.14 bits per heavy atom. The number of hydrogen-bond acceptors (Lipinski definition) is 3. The lowest BCUT2D eigenvalue weighted by atomic mass is 10.00. The van der Waals surface area contributed by atoms with E-state index in [4.69, 9.17) is 5.73 Å². The Kier molecular flexibility index (Phi) is 3.85. The predicted molar refractivity (Wildman–Crippen MR) is 85.1 cm³/mol. The van der Waals surface area contributed by atoms with Crippen LogP contribution in [0.1, 0.15) is 42.3 Å². The molecule has 3 rings (SSSR count). The summed E-state index contributed by atoms with van der Waals surface area (Å²) in [5, 5.41) is 3.68. The summed E-state index contributed by atoms with van der Waals surface area (Å²) in [4.78, 5) is 12.9. The quantitative estimate of drug-likeness (QED) is 0.902. The van der Waals surface area contributed by atoms with Crippen LogP contribution in [-0.2, 0) is 0 Å². The van der Waals surface area contributed by atoms with Gasteiger partial charge >= 0.3 is 0 Å². The lowest BCUT2D eigenvalue weighted by molar-refractivity contribution is 0.0932. The second kappa shape index (κ2) is 5.64. The van der Waals surface area contributed by atoms with Gasteiger partial charge in [0, 0.05) is 16.1 Å². The van der Waals surface area contributed by atoms with Crippen molar-refractivity contribution in [2.24, 2.45) is 5.92 Å². The second-order valence-electron chi connectivity index (χ2n) is 5.79. The second-order valence-corrected chi connectivity index (χ2v) is 6.84. The van der Waals surface area contributed by atoms with E-state index in [-0.39, 0.29) is 17.8 Å². The molecule has 1 unspecified atom stereocenters. The first kappa shape index (κ1) is 14.3. The van der Waals surface area contributed by atoms with Crippen molar-refractivity contribution >= 4 is 33.0 Å². The zero-order valence-electron chi connectivity index (χ0n) is 12.0. The van der Waals surface area contributed by atoms with Crippen LogP contribution in [0.2, 0.25) is 0 Å². The van der Waals surface area contributed by atoms with Crippen molar-refractivity contribution in [3.05, 3.63) is 28.9 Å². The largest absolute Gasteiger partial charge is 0.397 e. The number of benzene rings is 1. The molecule has 0 saturated heterocycles. The number of hydrogen-bond donors (Lipinski definition) is 2. The van der Waals surface area contributed by atoms with Crippen molar-refractivity contribution in [1.29, 1.82) is 0 Å². The SMILES string of the molecule is CC(NC(=O)c1sc2ccc(F)cc2c1N)C1CCCC1. The average Bonchev–Trinajstić information content (AvgIpc) is 3.08. The highest BCUT2D eigenvalue weighted by Gasteiger charge is 2.25. The Balaban J connectivity index is 1.82. The number of nitrogen functional groups attached to an aromatic ring is 1. The highest BCUT2D eigenvalue weighted by atomic mass is 32.1. The van der Waals surface area contributed by atoms with Gasteiger partial charge in [-0.05, 0) is 43.9 Å². The monoisotopic (exact) mass is 306 g/mol. The number of rotatable bonds is 3. The Morgan fingerprint density at radius 3 is 2.86 bits per heavy atom. The van der Waals surface area contributed by atoms with Gasteiger partial charge in [0.2, 0.25) is 0 Å². The molecule has 1 aliphatic carbocycles. The first-order chi connectivity index (χ1) is 10.1. The molecule has 1 aromatic heterocycles. The summed E-state index contributed by atoms with van der Waals surface area (Å²) in [5.74, 6) is 0.0776. The zero-order chi connectivity index (χ0) is 15.0. The van der Waals surface area contributed by atoms with Crippen molar-refractivity contribution in [2.75, 3.05) is 5.73 Å². The van der Waals surface area contributed by atoms with E-state index in [0.29, 0.717) is 21.9 Å². The lowest BCUT2D eigenvalue weighted by Gasteiger charge is -2.20. The summed E-state index contributed by atoms with van der Waals surface area (Å²) in [7, 11) is 0. The van der Waals surface area contributed by atoms with E-state index < -0.39 is 0 Å². The number of carbonyl (C=O) groups excluding carboxylic acids is 1. The lowest BCUT2D eigenvalue weighted by Crippen LogP contribution is -2.37. The standard InChI is InChI=1S/C16H19FN2OS/c1-9(10-4-2-3-5-10)19-16(20)15-14(18)12-8-11(17)6-7-13(12)21-15/h6-10H,2-5,18H2,1H3,(H,19,20). The number of nitrogens with one attached hydrogen (secondary N) is 1. The third kappa shape index (κ3) is 2.75. The number of carbonyl (C=O) groups is 1. The summed E-state index contributed by atoms with van der Waals surface area (Å²) >= 11 is 1.32. The summed E-state index contributed by atoms with van der Waals surface area (Å²) < 4.78 is 14.1. The molecule has 5 heteroatoms. The molecule has 1 aromatic carbocycles. The minimum atomic E-state index is -0.335. The molecule has 1 heterocycles. The molecule has 112 valence electrons. The van der Waals surface area contributed by atoms with Gasteiger partial charge in [0.05, 0.1) is 5.69 Å². The Morgan fingerprint density at radius 1 is 1.43 bits per heavy atom. The van der Waals surface area contributed by atoms with Crippen LogP contribution in [-0.4, -0.2) is 11.9 Å². The molecule has 1 aliphatic rings. The van der Waals surface area contributed by atoms with Gasteiger partial charge < -0.3 is 11.1 Å². The van der Waals surface area contributed by atoms with Gasteiger partial charge in [0.1, 0.15) is 10.7 Å². The smallest absolute Gasteiger partial charge is 0.263 e. The van der Waals surface area contributed by atoms with Crippen molar-refractivity contribution in [2.45, 2.75) is 38.6 Å². The number of thiophene rings is 1. The number of amides is 1. The van der Waals surface area contributed by atoms with Gasteiger partial charge in [-0.2, -0.15) is 0 Å². The third-order valence-corrected chi connectivity index (χ3v) is 5.55. The fourth-order valence-corrected chi connectivity index (χ4v) is 4.11. The Hall–Kier alpha value is -1.62. The fraction of sp³-hybridized carbons (Fsp3) is 0.438. The van der Waals surface area contributed by atoms with E-state index in [1.165, 1.54) is 49.2 Å². The molecule has 0 bridgehead atoms. The van der Waals surface area contributed by atoms with E-state index in [2.05, 4.69) is 12.2 Å². The van der Waals surface area contributed by atoms with Crippen LogP contribution in [0.5, 0.6) is 0 Å². The van der Waals surface area contributed by atoms with Crippen molar-refractivity contribution in [3.63, 3.8) is 0 Å². The molecule has 1 atom stereocenters. The van der Waals surface area contributed by atoms with Gasteiger partial charge in [0.15, 0.2) is 0 Å². The number of fused-ring (bicyclic) bond motifs is 1. The van der Waals surface area contributed by atoms with Crippen LogP contribution >= 0.6 is 11.3 Å².